The zero-order valence-electron chi connectivity index (χ0n) is 28.9. The predicted molar refractivity (Wildman–Crippen MR) is 178 cm³/mol. The summed E-state index contributed by atoms with van der Waals surface area (Å²) in [5, 5.41) is 72.4. The highest BCUT2D eigenvalue weighted by Gasteiger charge is 2.48. The number of rotatable bonds is 27. The third kappa shape index (κ3) is 19.8. The number of nitrogens with zero attached hydrogens (tertiary/aromatic N) is 2. The molecule has 17 heteroatoms. The lowest BCUT2D eigenvalue weighted by molar-refractivity contribution is -0.317. The molecule has 49 heavy (non-hydrogen) atoms. The maximum absolute atomic E-state index is 12.1. The number of hydrogen-bond acceptors (Lipinski definition) is 13. The number of aliphatic hydroxyl groups excluding tert-OH is 3. The number of nitrogens with one attached hydrogen (secondary N) is 4. The van der Waals surface area contributed by atoms with Crippen LogP contribution in [-0.2, 0) is 23.9 Å². The predicted octanol–water partition coefficient (Wildman–Crippen LogP) is -0.760. The Morgan fingerprint density at radius 1 is 0.735 bits per heavy atom. The first-order valence-electron chi connectivity index (χ1n) is 17.3. The molecule has 0 aliphatic carbocycles. The summed E-state index contributed by atoms with van der Waals surface area (Å²) >= 11 is 0. The first-order chi connectivity index (χ1) is 23.3. The van der Waals surface area contributed by atoms with Crippen LogP contribution in [0.1, 0.15) is 90.4 Å². The molecule has 0 radical (unpaired) electrons. The molecular formula is C32H60N6O11. The average Bonchev–Trinajstić information content (AvgIpc) is 3.07. The zero-order chi connectivity index (χ0) is 36.7. The molecule has 1 saturated heterocycles. The molecule has 0 saturated carbocycles. The molecule has 4 atom stereocenters. The second-order valence-electron chi connectivity index (χ2n) is 12.4. The number of hydrogen-bond donors (Lipinski definition) is 10. The van der Waals surface area contributed by atoms with E-state index in [4.69, 9.17) is 4.74 Å². The van der Waals surface area contributed by atoms with Gasteiger partial charge in [-0.2, -0.15) is 0 Å². The van der Waals surface area contributed by atoms with E-state index in [9.17, 15) is 50.0 Å². The molecule has 17 nitrogen and oxygen atoms in total. The quantitative estimate of drug-likeness (QED) is 0.0287. The van der Waals surface area contributed by atoms with E-state index in [1.807, 2.05) is 0 Å². The van der Waals surface area contributed by atoms with Gasteiger partial charge in [-0.1, -0.05) is 13.0 Å². The number of carbonyl (C=O) groups excluding carboxylic acids is 4. The molecule has 1 heterocycles. The van der Waals surface area contributed by atoms with Crippen molar-refractivity contribution in [1.29, 1.82) is 0 Å². The van der Waals surface area contributed by atoms with Crippen LogP contribution in [0.2, 0.25) is 0 Å². The Kier molecular flexibility index (Phi) is 22.6. The fraction of sp³-hybridized carbons (Fsp3) is 0.812. The number of allylic oxidation sites excluding steroid dienone is 1. The number of ether oxygens (including phenoxy) is 1. The van der Waals surface area contributed by atoms with E-state index >= 15 is 0 Å². The molecular weight excluding hydrogens is 644 g/mol. The highest BCUT2D eigenvalue weighted by Crippen LogP contribution is 2.23. The lowest BCUT2D eigenvalue weighted by Crippen LogP contribution is -2.64. The lowest BCUT2D eigenvalue weighted by Gasteiger charge is -2.41. The van der Waals surface area contributed by atoms with Gasteiger partial charge in [0, 0.05) is 64.6 Å². The second-order valence-corrected chi connectivity index (χ2v) is 12.4. The molecule has 1 aliphatic rings. The van der Waals surface area contributed by atoms with E-state index in [2.05, 4.69) is 27.8 Å². The van der Waals surface area contributed by atoms with Crippen LogP contribution in [0, 0.1) is 0 Å². The Morgan fingerprint density at radius 3 is 1.84 bits per heavy atom. The average molecular weight is 705 g/mol. The van der Waals surface area contributed by atoms with Crippen molar-refractivity contribution in [1.82, 2.24) is 31.4 Å². The van der Waals surface area contributed by atoms with Gasteiger partial charge < -0.3 is 46.4 Å². The molecule has 4 amide bonds. The summed E-state index contributed by atoms with van der Waals surface area (Å²) in [6.45, 7) is 7.33. The maximum Gasteiger partial charge on any atom is 0.246 e. The van der Waals surface area contributed by atoms with Gasteiger partial charge in [0.05, 0.1) is 13.2 Å². The topological polar surface area (TPSA) is 253 Å². The fourth-order valence-corrected chi connectivity index (χ4v) is 4.91. The van der Waals surface area contributed by atoms with Gasteiger partial charge >= 0.3 is 0 Å². The van der Waals surface area contributed by atoms with Crippen molar-refractivity contribution in [2.45, 2.75) is 114 Å². The van der Waals surface area contributed by atoms with Gasteiger partial charge in [0.2, 0.25) is 29.4 Å². The van der Waals surface area contributed by atoms with Crippen molar-refractivity contribution < 1.29 is 54.8 Å². The van der Waals surface area contributed by atoms with Gasteiger partial charge in [0.25, 0.3) is 0 Å². The first kappa shape index (κ1) is 44.1. The summed E-state index contributed by atoms with van der Waals surface area (Å²) in [5.74, 6) is -3.04. The molecule has 1 unspecified atom stereocenters. The minimum Gasteiger partial charge on any atom is -0.388 e. The Morgan fingerprint density at radius 2 is 1.24 bits per heavy atom. The van der Waals surface area contributed by atoms with Crippen LogP contribution in [0.3, 0.4) is 0 Å². The summed E-state index contributed by atoms with van der Waals surface area (Å²) in [4.78, 5) is 47.0. The standard InChI is InChI=1S/C32H60N6O11/c1-24(12-13-27(41)35-18-8-3-7-17-34-25(2)39)37(47)20-10-5-9-19-36-28(42)14-15-29(43)38(48)21-11-4-6-16-33-23-32(46)31(45)30(44)26(40)22-49-32/h26,30-31,33,40,44-48H,1,3-23H2,2H3,(H,34,39)(H,35,41)(H,36,42)/t26-,30-,31+,32?/m1/s1. The molecule has 0 bridgehead atoms. The van der Waals surface area contributed by atoms with Crippen LogP contribution in [-0.4, -0.2) is 141 Å². The van der Waals surface area contributed by atoms with Crippen molar-refractivity contribution >= 4 is 23.6 Å². The zero-order valence-corrected chi connectivity index (χ0v) is 28.9. The second kappa shape index (κ2) is 25.1. The van der Waals surface area contributed by atoms with Crippen molar-refractivity contribution in [3.63, 3.8) is 0 Å². The van der Waals surface area contributed by atoms with Crippen LogP contribution in [0.25, 0.3) is 0 Å². The van der Waals surface area contributed by atoms with E-state index in [0.717, 1.165) is 30.7 Å². The molecule has 0 spiro atoms. The number of aliphatic hydroxyl groups is 4. The van der Waals surface area contributed by atoms with Crippen molar-refractivity contribution in [3.8, 4) is 0 Å². The third-order valence-electron chi connectivity index (χ3n) is 8.06. The SMILES string of the molecule is C=C(CCC(=O)NCCCCCNC(C)=O)N(O)CCCCCNC(=O)CCC(=O)N(O)CCCCCNCC1(O)OC[C@@H](O)[C@@H](O)[C@@H]1O. The van der Waals surface area contributed by atoms with Crippen molar-refractivity contribution in [2.24, 2.45) is 0 Å². The molecule has 0 aromatic heterocycles. The van der Waals surface area contributed by atoms with E-state index in [0.29, 0.717) is 82.0 Å². The molecule has 1 fully saturated rings. The van der Waals surface area contributed by atoms with E-state index in [1.165, 1.54) is 6.92 Å². The highest BCUT2D eigenvalue weighted by atomic mass is 16.6. The Hall–Kier alpha value is -2.90. The van der Waals surface area contributed by atoms with Gasteiger partial charge in [-0.15, -0.1) is 0 Å². The minimum absolute atomic E-state index is 0.0516. The van der Waals surface area contributed by atoms with E-state index in [1.54, 1.807) is 0 Å². The minimum atomic E-state index is -2.01. The van der Waals surface area contributed by atoms with Crippen LogP contribution < -0.4 is 21.3 Å². The van der Waals surface area contributed by atoms with Gasteiger partial charge in [0.15, 0.2) is 0 Å². The first-order valence-corrected chi connectivity index (χ1v) is 17.3. The monoisotopic (exact) mass is 704 g/mol. The Bertz CT molecular complexity index is 1010. The summed E-state index contributed by atoms with van der Waals surface area (Å²) < 4.78 is 5.07. The molecule has 284 valence electrons. The van der Waals surface area contributed by atoms with Gasteiger partial charge in [0.1, 0.15) is 18.3 Å². The third-order valence-corrected chi connectivity index (χ3v) is 8.06. The van der Waals surface area contributed by atoms with Gasteiger partial charge in [-0.05, 0) is 64.3 Å². The largest absolute Gasteiger partial charge is 0.388 e. The van der Waals surface area contributed by atoms with E-state index < -0.39 is 30.0 Å². The molecule has 0 aromatic carbocycles. The van der Waals surface area contributed by atoms with Crippen LogP contribution >= 0.6 is 0 Å². The summed E-state index contributed by atoms with van der Waals surface area (Å²) in [7, 11) is 0. The van der Waals surface area contributed by atoms with Gasteiger partial charge in [-0.25, -0.2) is 5.06 Å². The van der Waals surface area contributed by atoms with Gasteiger partial charge in [-0.3, -0.25) is 34.7 Å². The van der Waals surface area contributed by atoms with Crippen molar-refractivity contribution in [2.75, 3.05) is 52.4 Å². The highest BCUT2D eigenvalue weighted by molar-refractivity contribution is 5.83. The van der Waals surface area contributed by atoms with Crippen LogP contribution in [0.4, 0.5) is 0 Å². The number of unbranched alkanes of at least 4 members (excludes halogenated alkanes) is 6. The number of amides is 4. The smallest absolute Gasteiger partial charge is 0.246 e. The molecule has 10 N–H and O–H groups in total. The number of carbonyl (C=O) groups is 4. The van der Waals surface area contributed by atoms with Crippen LogP contribution in [0.15, 0.2) is 12.3 Å². The summed E-state index contributed by atoms with van der Waals surface area (Å²) in [6, 6.07) is 0. The molecule has 0 aromatic rings. The summed E-state index contributed by atoms with van der Waals surface area (Å²) in [5.41, 5.74) is 0.450. The Labute approximate surface area is 289 Å². The van der Waals surface area contributed by atoms with Crippen LogP contribution in [0.5, 0.6) is 0 Å². The lowest BCUT2D eigenvalue weighted by atomic mass is 9.97. The molecule has 1 aliphatic heterocycles. The Balaban J connectivity index is 2.00. The summed E-state index contributed by atoms with van der Waals surface area (Å²) in [6.07, 6.45) is 2.32. The van der Waals surface area contributed by atoms with E-state index in [-0.39, 0.29) is 56.7 Å². The van der Waals surface area contributed by atoms with Crippen molar-refractivity contribution in [3.05, 3.63) is 12.3 Å². The molecule has 1 rings (SSSR count). The fourth-order valence-electron chi connectivity index (χ4n) is 4.91. The normalized spacial score (nSPS) is 20.3. The number of hydroxylamine groups is 4. The maximum atomic E-state index is 12.1.